The molecule has 6 aromatic rings. The molecule has 0 atom stereocenters. The molecular weight excluding hydrogens is 380 g/mol. The van der Waals surface area contributed by atoms with Gasteiger partial charge >= 0.3 is 5.97 Å². The van der Waals surface area contributed by atoms with Crippen molar-refractivity contribution in [3.8, 4) is 5.75 Å². The number of esters is 1. The average molecular weight is 398 g/mol. The number of carbonyl (C=O) groups is 1. The molecule has 0 unspecified atom stereocenters. The van der Waals surface area contributed by atoms with E-state index < -0.39 is 0 Å². The van der Waals surface area contributed by atoms with E-state index in [0.717, 1.165) is 43.1 Å². The van der Waals surface area contributed by atoms with Crippen LogP contribution in [0.4, 0.5) is 0 Å². The minimum atomic E-state index is -0.346. The highest BCUT2D eigenvalue weighted by molar-refractivity contribution is 6.15. The molecule has 0 fully saturated rings. The third-order valence-corrected chi connectivity index (χ3v) is 5.94. The number of rotatable bonds is 2. The summed E-state index contributed by atoms with van der Waals surface area (Å²) < 4.78 is 6.00. The maximum Gasteiger partial charge on any atom is 0.344 e. The summed E-state index contributed by atoms with van der Waals surface area (Å²) in [5.74, 6) is 0.235. The number of ether oxygens (including phenoxy) is 1. The SMILES string of the molecule is O=C(Oc1cc2ccccc2c2ccccc12)c1cccc2c1ccc1ccccc12. The maximum absolute atomic E-state index is 13.3. The number of benzene rings is 6. The lowest BCUT2D eigenvalue weighted by Crippen LogP contribution is -2.09. The number of carbonyl (C=O) groups excluding carboxylic acids is 1. The Kier molecular flexibility index (Phi) is 3.97. The van der Waals surface area contributed by atoms with Crippen molar-refractivity contribution < 1.29 is 9.53 Å². The van der Waals surface area contributed by atoms with Gasteiger partial charge in [-0.25, -0.2) is 4.79 Å². The first kappa shape index (κ1) is 17.7. The van der Waals surface area contributed by atoms with Crippen molar-refractivity contribution in [1.29, 1.82) is 0 Å². The summed E-state index contributed by atoms with van der Waals surface area (Å²) in [6.07, 6.45) is 0. The van der Waals surface area contributed by atoms with E-state index in [0.29, 0.717) is 11.3 Å². The van der Waals surface area contributed by atoms with Gasteiger partial charge in [0.15, 0.2) is 0 Å². The fraction of sp³-hybridized carbons (Fsp3) is 0. The Bertz CT molecular complexity index is 1630. The third kappa shape index (κ3) is 2.84. The first-order chi connectivity index (χ1) is 15.3. The largest absolute Gasteiger partial charge is 0.422 e. The normalized spacial score (nSPS) is 11.4. The Morgan fingerprint density at radius 1 is 0.484 bits per heavy atom. The van der Waals surface area contributed by atoms with E-state index in [4.69, 9.17) is 4.74 Å². The molecule has 0 aromatic heterocycles. The fourth-order valence-corrected chi connectivity index (χ4v) is 4.48. The number of fused-ring (bicyclic) bond motifs is 6. The second-order valence-electron chi connectivity index (χ2n) is 7.72. The molecule has 0 aliphatic rings. The van der Waals surface area contributed by atoms with Crippen molar-refractivity contribution in [3.05, 3.63) is 115 Å². The highest BCUT2D eigenvalue weighted by Crippen LogP contribution is 2.34. The van der Waals surface area contributed by atoms with E-state index in [1.54, 1.807) is 0 Å². The molecule has 0 saturated heterocycles. The van der Waals surface area contributed by atoms with Crippen LogP contribution in [0.5, 0.6) is 5.75 Å². The zero-order valence-corrected chi connectivity index (χ0v) is 16.7. The van der Waals surface area contributed by atoms with Gasteiger partial charge in [0.25, 0.3) is 0 Å². The lowest BCUT2D eigenvalue weighted by Gasteiger charge is -2.12. The lowest BCUT2D eigenvalue weighted by molar-refractivity contribution is 0.0739. The Balaban J connectivity index is 1.51. The Morgan fingerprint density at radius 3 is 1.87 bits per heavy atom. The summed E-state index contributed by atoms with van der Waals surface area (Å²) in [7, 11) is 0. The predicted octanol–water partition coefficient (Wildman–Crippen LogP) is 7.52. The van der Waals surface area contributed by atoms with Crippen LogP contribution in [0.15, 0.2) is 109 Å². The molecule has 0 N–H and O–H groups in total. The molecule has 0 saturated carbocycles. The average Bonchev–Trinajstić information content (AvgIpc) is 2.83. The first-order valence-electron chi connectivity index (χ1n) is 10.3. The molecule has 0 aliphatic heterocycles. The Hall–Kier alpha value is -4.17. The molecule has 2 nitrogen and oxygen atoms in total. The van der Waals surface area contributed by atoms with Crippen molar-refractivity contribution >= 4 is 49.1 Å². The summed E-state index contributed by atoms with van der Waals surface area (Å²) in [6, 6.07) is 36.3. The van der Waals surface area contributed by atoms with Crippen molar-refractivity contribution in [2.45, 2.75) is 0 Å². The van der Waals surface area contributed by atoms with Crippen LogP contribution in [0, 0.1) is 0 Å². The summed E-state index contributed by atoms with van der Waals surface area (Å²) in [4.78, 5) is 13.3. The van der Waals surface area contributed by atoms with Gasteiger partial charge in [0, 0.05) is 5.39 Å². The van der Waals surface area contributed by atoms with E-state index in [1.165, 1.54) is 0 Å². The van der Waals surface area contributed by atoms with Crippen LogP contribution < -0.4 is 4.74 Å². The summed E-state index contributed by atoms with van der Waals surface area (Å²) in [5, 5.41) is 8.44. The van der Waals surface area contributed by atoms with E-state index in [2.05, 4.69) is 36.4 Å². The minimum absolute atomic E-state index is 0.346. The molecule has 31 heavy (non-hydrogen) atoms. The Morgan fingerprint density at radius 2 is 1.06 bits per heavy atom. The molecule has 0 bridgehead atoms. The van der Waals surface area contributed by atoms with Crippen LogP contribution in [0.25, 0.3) is 43.1 Å². The van der Waals surface area contributed by atoms with Gasteiger partial charge in [0.1, 0.15) is 5.75 Å². The summed E-state index contributed by atoms with van der Waals surface area (Å²) >= 11 is 0. The fourth-order valence-electron chi connectivity index (χ4n) is 4.48. The Labute approximate surface area is 179 Å². The predicted molar refractivity (Wildman–Crippen MR) is 128 cm³/mol. The van der Waals surface area contributed by atoms with Crippen LogP contribution in [0.2, 0.25) is 0 Å². The minimum Gasteiger partial charge on any atom is -0.422 e. The highest BCUT2D eigenvalue weighted by atomic mass is 16.5. The third-order valence-electron chi connectivity index (χ3n) is 5.94. The zero-order chi connectivity index (χ0) is 20.8. The van der Waals surface area contributed by atoms with Gasteiger partial charge in [0.2, 0.25) is 0 Å². The monoisotopic (exact) mass is 398 g/mol. The van der Waals surface area contributed by atoms with Gasteiger partial charge in [-0.2, -0.15) is 0 Å². The molecule has 6 rings (SSSR count). The van der Waals surface area contributed by atoms with Crippen LogP contribution in [0.1, 0.15) is 10.4 Å². The molecule has 0 heterocycles. The van der Waals surface area contributed by atoms with Crippen molar-refractivity contribution in [1.82, 2.24) is 0 Å². The standard InChI is InChI=1S/C29H18O2/c30-29(27-15-7-14-23-21-10-3-1-8-19(21)16-17-25(23)27)31-28-18-20-9-2-4-11-22(20)24-12-5-6-13-26(24)28/h1-18H. The van der Waals surface area contributed by atoms with E-state index in [1.807, 2.05) is 72.8 Å². The molecule has 6 aromatic carbocycles. The van der Waals surface area contributed by atoms with Crippen molar-refractivity contribution in [2.75, 3.05) is 0 Å². The molecule has 0 spiro atoms. The van der Waals surface area contributed by atoms with Crippen molar-refractivity contribution in [3.63, 3.8) is 0 Å². The second kappa shape index (κ2) is 6.96. The van der Waals surface area contributed by atoms with E-state index in [-0.39, 0.29) is 5.97 Å². The molecule has 146 valence electrons. The van der Waals surface area contributed by atoms with Crippen molar-refractivity contribution in [2.24, 2.45) is 0 Å². The van der Waals surface area contributed by atoms with Crippen LogP contribution in [0.3, 0.4) is 0 Å². The first-order valence-corrected chi connectivity index (χ1v) is 10.3. The van der Waals surface area contributed by atoms with Gasteiger partial charge in [-0.3, -0.25) is 0 Å². The zero-order valence-electron chi connectivity index (χ0n) is 16.7. The van der Waals surface area contributed by atoms with Crippen LogP contribution in [-0.2, 0) is 0 Å². The smallest absolute Gasteiger partial charge is 0.344 e. The molecular formula is C29H18O2. The van der Waals surface area contributed by atoms with Crippen LogP contribution >= 0.6 is 0 Å². The lowest BCUT2D eigenvalue weighted by atomic mass is 9.98. The second-order valence-corrected chi connectivity index (χ2v) is 7.72. The van der Waals surface area contributed by atoms with E-state index >= 15 is 0 Å². The maximum atomic E-state index is 13.3. The number of hydrogen-bond acceptors (Lipinski definition) is 2. The van der Waals surface area contributed by atoms with Crippen LogP contribution in [-0.4, -0.2) is 5.97 Å². The molecule has 2 heteroatoms. The topological polar surface area (TPSA) is 26.3 Å². The highest BCUT2D eigenvalue weighted by Gasteiger charge is 2.16. The molecule has 0 amide bonds. The van der Waals surface area contributed by atoms with Gasteiger partial charge < -0.3 is 4.74 Å². The van der Waals surface area contributed by atoms with Gasteiger partial charge in [-0.05, 0) is 49.8 Å². The molecule has 0 radical (unpaired) electrons. The van der Waals surface area contributed by atoms with Gasteiger partial charge in [-0.15, -0.1) is 0 Å². The summed E-state index contributed by atoms with van der Waals surface area (Å²) in [5.41, 5.74) is 0.570. The molecule has 0 aliphatic carbocycles. The van der Waals surface area contributed by atoms with Gasteiger partial charge in [-0.1, -0.05) is 97.1 Å². The quantitative estimate of drug-likeness (QED) is 0.171. The van der Waals surface area contributed by atoms with Gasteiger partial charge in [0.05, 0.1) is 5.56 Å². The number of hydrogen-bond donors (Lipinski definition) is 0. The van der Waals surface area contributed by atoms with E-state index in [9.17, 15) is 4.79 Å². The summed E-state index contributed by atoms with van der Waals surface area (Å²) in [6.45, 7) is 0.